The van der Waals surface area contributed by atoms with Crippen LogP contribution in [0.1, 0.15) is 37.6 Å². The van der Waals surface area contributed by atoms with E-state index in [1.165, 1.54) is 0 Å². The Bertz CT molecular complexity index is 737. The molecule has 3 rings (SSSR count). The van der Waals surface area contributed by atoms with Crippen LogP contribution in [0.5, 0.6) is 0 Å². The number of hydrogen-bond donors (Lipinski definition) is 0. The maximum Gasteiger partial charge on any atom is 0.254 e. The molecule has 1 aromatic rings. The molecule has 2 fully saturated rings. The van der Waals surface area contributed by atoms with Crippen molar-refractivity contribution in [1.82, 2.24) is 9.21 Å². The van der Waals surface area contributed by atoms with Gasteiger partial charge in [-0.15, -0.1) is 0 Å². The van der Waals surface area contributed by atoms with E-state index in [1.807, 2.05) is 6.92 Å². The van der Waals surface area contributed by atoms with Crippen molar-refractivity contribution < 1.29 is 17.9 Å². The lowest BCUT2D eigenvalue weighted by molar-refractivity contribution is -0.0124. The van der Waals surface area contributed by atoms with Gasteiger partial charge in [-0.25, -0.2) is 8.42 Å². The summed E-state index contributed by atoms with van der Waals surface area (Å²) >= 11 is 0. The first-order valence-electron chi connectivity index (χ1n) is 9.28. The number of carbonyl (C=O) groups is 1. The molecule has 7 heteroatoms. The minimum Gasteiger partial charge on any atom is -0.375 e. The Morgan fingerprint density at radius 3 is 2.23 bits per heavy atom. The Morgan fingerprint density at radius 1 is 1.04 bits per heavy atom. The highest BCUT2D eigenvalue weighted by Crippen LogP contribution is 2.27. The molecule has 0 N–H and O–H groups in total. The number of amides is 1. The molecule has 2 saturated heterocycles. The van der Waals surface area contributed by atoms with Gasteiger partial charge >= 0.3 is 0 Å². The van der Waals surface area contributed by atoms with Crippen molar-refractivity contribution in [2.45, 2.75) is 38.2 Å². The Labute approximate surface area is 156 Å². The second-order valence-corrected chi connectivity index (χ2v) is 9.66. The standard InChI is InChI=1S/C19H28N2O4S/c1-14-10-15(2)12-21(11-14)26(23,24)18-6-4-17(5-7-18)19(22)20-8-9-25-16(3)13-20/h4-7,14-16H,8-13H2,1-3H3. The quantitative estimate of drug-likeness (QED) is 0.806. The third kappa shape index (κ3) is 4.10. The SMILES string of the molecule is CC1CC(C)CN(S(=O)(=O)c2ccc(C(=O)N3CCOC(C)C3)cc2)C1. The van der Waals surface area contributed by atoms with Crippen LogP contribution in [0.15, 0.2) is 29.2 Å². The highest BCUT2D eigenvalue weighted by Gasteiger charge is 2.32. The number of sulfonamides is 1. The third-order valence-corrected chi connectivity index (χ3v) is 6.95. The lowest BCUT2D eigenvalue weighted by Gasteiger charge is -2.34. The minimum absolute atomic E-state index is 0.0235. The molecule has 2 aliphatic rings. The van der Waals surface area contributed by atoms with Crippen LogP contribution in [0, 0.1) is 11.8 Å². The first-order chi connectivity index (χ1) is 12.3. The van der Waals surface area contributed by atoms with Gasteiger partial charge in [0.1, 0.15) is 0 Å². The molecule has 0 radical (unpaired) electrons. The smallest absolute Gasteiger partial charge is 0.254 e. The second kappa shape index (κ2) is 7.66. The Morgan fingerprint density at radius 2 is 1.65 bits per heavy atom. The molecular weight excluding hydrogens is 352 g/mol. The molecule has 0 saturated carbocycles. The summed E-state index contributed by atoms with van der Waals surface area (Å²) in [5.41, 5.74) is 0.512. The Hall–Kier alpha value is -1.44. The van der Waals surface area contributed by atoms with E-state index in [4.69, 9.17) is 4.74 Å². The van der Waals surface area contributed by atoms with Gasteiger partial charge < -0.3 is 9.64 Å². The summed E-state index contributed by atoms with van der Waals surface area (Å²) in [4.78, 5) is 14.6. The topological polar surface area (TPSA) is 66.9 Å². The summed E-state index contributed by atoms with van der Waals surface area (Å²) in [6, 6.07) is 6.34. The summed E-state index contributed by atoms with van der Waals surface area (Å²) in [5.74, 6) is 0.639. The molecule has 144 valence electrons. The molecule has 1 aromatic carbocycles. The number of morpholine rings is 1. The van der Waals surface area contributed by atoms with Crippen LogP contribution >= 0.6 is 0 Å². The van der Waals surface area contributed by atoms with E-state index in [9.17, 15) is 13.2 Å². The van der Waals surface area contributed by atoms with Crippen LogP contribution in [-0.2, 0) is 14.8 Å². The van der Waals surface area contributed by atoms with Crippen molar-refractivity contribution in [3.05, 3.63) is 29.8 Å². The van der Waals surface area contributed by atoms with Crippen molar-refractivity contribution >= 4 is 15.9 Å². The zero-order chi connectivity index (χ0) is 18.9. The van der Waals surface area contributed by atoms with Crippen molar-refractivity contribution in [3.8, 4) is 0 Å². The zero-order valence-electron chi connectivity index (χ0n) is 15.7. The Kier molecular flexibility index (Phi) is 5.69. The fourth-order valence-corrected chi connectivity index (χ4v) is 5.59. The van der Waals surface area contributed by atoms with E-state index in [-0.39, 0.29) is 16.9 Å². The molecule has 3 unspecified atom stereocenters. The van der Waals surface area contributed by atoms with Crippen molar-refractivity contribution in [2.24, 2.45) is 11.8 Å². The van der Waals surface area contributed by atoms with Crippen LogP contribution in [0.25, 0.3) is 0 Å². The van der Waals surface area contributed by atoms with Gasteiger partial charge in [-0.1, -0.05) is 13.8 Å². The summed E-state index contributed by atoms with van der Waals surface area (Å²) in [7, 11) is -3.52. The molecule has 0 spiro atoms. The number of ether oxygens (including phenoxy) is 1. The highest BCUT2D eigenvalue weighted by molar-refractivity contribution is 7.89. The fraction of sp³-hybridized carbons (Fsp3) is 0.632. The predicted octanol–water partition coefficient (Wildman–Crippen LogP) is 2.21. The van der Waals surface area contributed by atoms with Gasteiger partial charge in [0.2, 0.25) is 10.0 Å². The van der Waals surface area contributed by atoms with Crippen molar-refractivity contribution in [2.75, 3.05) is 32.8 Å². The average molecular weight is 381 g/mol. The van der Waals surface area contributed by atoms with Crippen LogP contribution in [0.3, 0.4) is 0 Å². The molecule has 0 bridgehead atoms. The van der Waals surface area contributed by atoms with Gasteiger partial charge in [-0.3, -0.25) is 4.79 Å². The molecule has 26 heavy (non-hydrogen) atoms. The van der Waals surface area contributed by atoms with E-state index in [0.29, 0.717) is 50.2 Å². The van der Waals surface area contributed by atoms with E-state index in [2.05, 4.69) is 13.8 Å². The number of carbonyl (C=O) groups excluding carboxylic acids is 1. The average Bonchev–Trinajstić information content (AvgIpc) is 2.60. The molecule has 2 aliphatic heterocycles. The monoisotopic (exact) mass is 380 g/mol. The maximum absolute atomic E-state index is 12.9. The molecule has 1 amide bonds. The highest BCUT2D eigenvalue weighted by atomic mass is 32.2. The molecule has 0 aliphatic carbocycles. The van der Waals surface area contributed by atoms with E-state index in [0.717, 1.165) is 6.42 Å². The summed E-state index contributed by atoms with van der Waals surface area (Å²) in [6.45, 7) is 8.88. The molecule has 2 heterocycles. The molecule has 3 atom stereocenters. The van der Waals surface area contributed by atoms with Gasteiger partial charge in [0, 0.05) is 31.7 Å². The minimum atomic E-state index is -3.52. The van der Waals surface area contributed by atoms with Gasteiger partial charge in [-0.2, -0.15) is 4.31 Å². The van der Waals surface area contributed by atoms with E-state index in [1.54, 1.807) is 33.5 Å². The van der Waals surface area contributed by atoms with Crippen LogP contribution in [0.2, 0.25) is 0 Å². The van der Waals surface area contributed by atoms with Gasteiger partial charge in [0.15, 0.2) is 0 Å². The van der Waals surface area contributed by atoms with Gasteiger partial charge in [0.25, 0.3) is 5.91 Å². The molecule has 0 aromatic heterocycles. The fourth-order valence-electron chi connectivity index (χ4n) is 3.91. The number of piperidine rings is 1. The molecule has 6 nitrogen and oxygen atoms in total. The normalized spacial score (nSPS) is 28.1. The lowest BCUT2D eigenvalue weighted by atomic mass is 9.94. The van der Waals surface area contributed by atoms with Crippen LogP contribution in [-0.4, -0.2) is 62.4 Å². The summed E-state index contributed by atoms with van der Waals surface area (Å²) in [6.07, 6.45) is 1.08. The number of rotatable bonds is 3. The maximum atomic E-state index is 12.9. The third-order valence-electron chi connectivity index (χ3n) is 5.10. The first kappa shape index (κ1) is 19.3. The number of hydrogen-bond acceptors (Lipinski definition) is 4. The van der Waals surface area contributed by atoms with Crippen molar-refractivity contribution in [1.29, 1.82) is 0 Å². The van der Waals surface area contributed by atoms with Crippen LogP contribution in [0.4, 0.5) is 0 Å². The first-order valence-corrected chi connectivity index (χ1v) is 10.7. The summed E-state index contributed by atoms with van der Waals surface area (Å²) in [5, 5.41) is 0. The number of benzene rings is 1. The van der Waals surface area contributed by atoms with Gasteiger partial charge in [-0.05, 0) is 49.4 Å². The zero-order valence-corrected chi connectivity index (χ0v) is 16.5. The van der Waals surface area contributed by atoms with Gasteiger partial charge in [0.05, 0.1) is 17.6 Å². The largest absolute Gasteiger partial charge is 0.375 e. The molecular formula is C19H28N2O4S. The second-order valence-electron chi connectivity index (χ2n) is 7.73. The van der Waals surface area contributed by atoms with Crippen LogP contribution < -0.4 is 0 Å². The lowest BCUT2D eigenvalue weighted by Crippen LogP contribution is -2.44. The van der Waals surface area contributed by atoms with E-state index < -0.39 is 10.0 Å². The van der Waals surface area contributed by atoms with E-state index >= 15 is 0 Å². The summed E-state index contributed by atoms with van der Waals surface area (Å²) < 4.78 is 32.9. The Balaban J connectivity index is 1.75. The number of nitrogens with zero attached hydrogens (tertiary/aromatic N) is 2. The predicted molar refractivity (Wildman–Crippen MR) is 99.5 cm³/mol. The van der Waals surface area contributed by atoms with Crippen molar-refractivity contribution in [3.63, 3.8) is 0 Å².